The second-order valence-corrected chi connectivity index (χ2v) is 6.92. The van der Waals surface area contributed by atoms with E-state index in [1.54, 1.807) is 0 Å². The summed E-state index contributed by atoms with van der Waals surface area (Å²) >= 11 is 0. The summed E-state index contributed by atoms with van der Waals surface area (Å²) in [6.45, 7) is 4.10. The lowest BCUT2D eigenvalue weighted by Crippen LogP contribution is -2.49. The molecule has 0 aromatic heterocycles. The van der Waals surface area contributed by atoms with E-state index in [0.29, 0.717) is 19.7 Å². The number of hydrogen-bond donors (Lipinski definition) is 1. The highest BCUT2D eigenvalue weighted by atomic mass is 16.5. The Morgan fingerprint density at radius 1 is 1.23 bits per heavy atom. The molecule has 26 heavy (non-hydrogen) atoms. The van der Waals surface area contributed by atoms with Gasteiger partial charge in [-0.2, -0.15) is 0 Å². The van der Waals surface area contributed by atoms with Gasteiger partial charge < -0.3 is 19.7 Å². The van der Waals surface area contributed by atoms with Crippen LogP contribution in [0.15, 0.2) is 24.3 Å². The Morgan fingerprint density at radius 3 is 2.69 bits per heavy atom. The Labute approximate surface area is 154 Å². The highest BCUT2D eigenvalue weighted by molar-refractivity contribution is 5.81. The van der Waals surface area contributed by atoms with Crippen LogP contribution in [-0.4, -0.2) is 55.2 Å². The Kier molecular flexibility index (Phi) is 6.50. The molecule has 1 N–H and O–H groups in total. The maximum absolute atomic E-state index is 12.4. The van der Waals surface area contributed by atoms with E-state index in [2.05, 4.69) is 12.2 Å². The van der Waals surface area contributed by atoms with E-state index >= 15 is 0 Å². The lowest BCUT2D eigenvalue weighted by atomic mass is 10.0. The Hall–Kier alpha value is -2.08. The zero-order valence-electron chi connectivity index (χ0n) is 15.4. The largest absolute Gasteiger partial charge is 0.483 e. The molecule has 0 bridgehead atoms. The molecule has 2 aliphatic rings. The molecule has 1 atom stereocenters. The van der Waals surface area contributed by atoms with Crippen molar-refractivity contribution in [3.8, 4) is 5.75 Å². The van der Waals surface area contributed by atoms with Gasteiger partial charge in [-0.25, -0.2) is 0 Å². The smallest absolute Gasteiger partial charge is 0.260 e. The van der Waals surface area contributed by atoms with Gasteiger partial charge in [0.25, 0.3) is 5.91 Å². The second kappa shape index (κ2) is 9.03. The van der Waals surface area contributed by atoms with Crippen molar-refractivity contribution < 1.29 is 19.1 Å². The highest BCUT2D eigenvalue weighted by Gasteiger charge is 2.28. The molecule has 1 unspecified atom stereocenters. The fourth-order valence-electron chi connectivity index (χ4n) is 3.52. The van der Waals surface area contributed by atoms with Gasteiger partial charge in [-0.05, 0) is 43.7 Å². The summed E-state index contributed by atoms with van der Waals surface area (Å²) in [6.07, 6.45) is 3.89. The van der Waals surface area contributed by atoms with Gasteiger partial charge in [0.15, 0.2) is 6.61 Å². The van der Waals surface area contributed by atoms with Crippen molar-refractivity contribution in [1.82, 2.24) is 10.2 Å². The van der Waals surface area contributed by atoms with Crippen molar-refractivity contribution in [2.45, 2.75) is 51.2 Å². The summed E-state index contributed by atoms with van der Waals surface area (Å²) < 4.78 is 11.1. The van der Waals surface area contributed by atoms with E-state index in [1.807, 2.05) is 29.2 Å². The maximum atomic E-state index is 12.4. The van der Waals surface area contributed by atoms with Crippen LogP contribution >= 0.6 is 0 Å². The fourth-order valence-corrected chi connectivity index (χ4v) is 3.52. The maximum Gasteiger partial charge on any atom is 0.260 e. The van der Waals surface area contributed by atoms with E-state index in [9.17, 15) is 9.59 Å². The van der Waals surface area contributed by atoms with Gasteiger partial charge in [0.1, 0.15) is 11.9 Å². The number of nitrogens with one attached hydrogen (secondary N) is 1. The van der Waals surface area contributed by atoms with Gasteiger partial charge in [-0.3, -0.25) is 9.59 Å². The number of aryl methyl sites for hydroxylation is 1. The van der Waals surface area contributed by atoms with Crippen molar-refractivity contribution in [2.75, 3.05) is 26.3 Å². The van der Waals surface area contributed by atoms with Crippen LogP contribution in [0.2, 0.25) is 0 Å². The monoisotopic (exact) mass is 360 g/mol. The van der Waals surface area contributed by atoms with Crippen molar-refractivity contribution in [3.63, 3.8) is 0 Å². The lowest BCUT2D eigenvalue weighted by molar-refractivity contribution is -0.135. The molecule has 6 heteroatoms. The number of carbonyl (C=O) groups excluding carboxylic acids is 2. The third-order valence-electron chi connectivity index (χ3n) is 5.12. The number of rotatable bonds is 6. The zero-order valence-corrected chi connectivity index (χ0v) is 15.4. The number of carbonyl (C=O) groups is 2. The van der Waals surface area contributed by atoms with Gasteiger partial charge in [-0.15, -0.1) is 0 Å². The minimum Gasteiger partial charge on any atom is -0.483 e. The Balaban J connectivity index is 1.41. The van der Waals surface area contributed by atoms with E-state index in [-0.39, 0.29) is 30.6 Å². The Bertz CT molecular complexity index is 620. The van der Waals surface area contributed by atoms with Crippen LogP contribution in [0.5, 0.6) is 5.75 Å². The summed E-state index contributed by atoms with van der Waals surface area (Å²) in [6, 6.07) is 7.93. The number of hydrogen-bond acceptors (Lipinski definition) is 4. The summed E-state index contributed by atoms with van der Waals surface area (Å²) in [5.74, 6) is 0.772. The summed E-state index contributed by atoms with van der Waals surface area (Å²) in [4.78, 5) is 26.3. The Morgan fingerprint density at radius 2 is 2.00 bits per heavy atom. The molecule has 1 aromatic rings. The number of para-hydroxylation sites is 1. The third kappa shape index (κ3) is 4.75. The van der Waals surface area contributed by atoms with Crippen LogP contribution < -0.4 is 10.1 Å². The standard InChI is InChI=1S/C20H28N2O4/c1-2-15-6-3-4-7-17(15)26-14-19(23)22-11-9-16(10-12-22)21-20(24)18-8-5-13-25-18/h3-4,6-7,16,18H,2,5,8-14H2,1H3,(H,21,24). The minimum atomic E-state index is -0.290. The molecule has 0 saturated carbocycles. The van der Waals surface area contributed by atoms with E-state index in [0.717, 1.165) is 43.4 Å². The third-order valence-corrected chi connectivity index (χ3v) is 5.12. The van der Waals surface area contributed by atoms with Gasteiger partial charge in [0.2, 0.25) is 5.91 Å². The van der Waals surface area contributed by atoms with Crippen molar-refractivity contribution in [1.29, 1.82) is 0 Å². The zero-order chi connectivity index (χ0) is 18.4. The van der Waals surface area contributed by atoms with Gasteiger partial charge in [0.05, 0.1) is 0 Å². The molecule has 6 nitrogen and oxygen atoms in total. The molecule has 2 amide bonds. The predicted octanol–water partition coefficient (Wildman–Crippen LogP) is 1.91. The van der Waals surface area contributed by atoms with E-state index in [1.165, 1.54) is 0 Å². The van der Waals surface area contributed by atoms with Crippen LogP contribution in [0.4, 0.5) is 0 Å². The number of amides is 2. The van der Waals surface area contributed by atoms with Gasteiger partial charge in [-0.1, -0.05) is 25.1 Å². The minimum absolute atomic E-state index is 0.000177. The van der Waals surface area contributed by atoms with Gasteiger partial charge >= 0.3 is 0 Å². The highest BCUT2D eigenvalue weighted by Crippen LogP contribution is 2.19. The first-order valence-electron chi connectivity index (χ1n) is 9.58. The fraction of sp³-hybridized carbons (Fsp3) is 0.600. The van der Waals surface area contributed by atoms with E-state index in [4.69, 9.17) is 9.47 Å². The molecule has 0 spiro atoms. The summed E-state index contributed by atoms with van der Waals surface area (Å²) in [5, 5.41) is 3.06. The summed E-state index contributed by atoms with van der Waals surface area (Å²) in [7, 11) is 0. The van der Waals surface area contributed by atoms with Crippen LogP contribution in [0.3, 0.4) is 0 Å². The number of nitrogens with zero attached hydrogens (tertiary/aromatic N) is 1. The molecule has 2 saturated heterocycles. The van der Waals surface area contributed by atoms with Crippen LogP contribution in [-0.2, 0) is 20.7 Å². The second-order valence-electron chi connectivity index (χ2n) is 6.92. The molecule has 0 aliphatic carbocycles. The normalized spacial score (nSPS) is 20.8. The summed E-state index contributed by atoms with van der Waals surface area (Å²) in [5.41, 5.74) is 1.11. The molecule has 2 heterocycles. The average molecular weight is 360 g/mol. The molecule has 142 valence electrons. The molecule has 2 aliphatic heterocycles. The van der Waals surface area contributed by atoms with Crippen LogP contribution in [0.1, 0.15) is 38.2 Å². The molecular formula is C20H28N2O4. The topological polar surface area (TPSA) is 67.9 Å². The molecule has 3 rings (SSSR count). The molecule has 2 fully saturated rings. The molecule has 0 radical (unpaired) electrons. The SMILES string of the molecule is CCc1ccccc1OCC(=O)N1CCC(NC(=O)C2CCCO2)CC1. The van der Waals surface area contributed by atoms with Gasteiger partial charge in [0, 0.05) is 25.7 Å². The number of likely N-dealkylation sites (tertiary alicyclic amines) is 1. The van der Waals surface area contributed by atoms with Crippen LogP contribution in [0, 0.1) is 0 Å². The average Bonchev–Trinajstić information content (AvgIpc) is 3.22. The quantitative estimate of drug-likeness (QED) is 0.842. The first kappa shape index (κ1) is 18.7. The van der Waals surface area contributed by atoms with Crippen molar-refractivity contribution >= 4 is 11.8 Å². The predicted molar refractivity (Wildman–Crippen MR) is 98.0 cm³/mol. The molecular weight excluding hydrogens is 332 g/mol. The van der Waals surface area contributed by atoms with Crippen LogP contribution in [0.25, 0.3) is 0 Å². The first-order chi connectivity index (χ1) is 12.7. The van der Waals surface area contributed by atoms with Crippen molar-refractivity contribution in [3.05, 3.63) is 29.8 Å². The first-order valence-corrected chi connectivity index (χ1v) is 9.58. The number of ether oxygens (including phenoxy) is 2. The van der Waals surface area contributed by atoms with Crippen molar-refractivity contribution in [2.24, 2.45) is 0 Å². The number of benzene rings is 1. The lowest BCUT2D eigenvalue weighted by Gasteiger charge is -2.32. The number of piperidine rings is 1. The van der Waals surface area contributed by atoms with E-state index < -0.39 is 0 Å². The molecule has 1 aromatic carbocycles.